The van der Waals surface area contributed by atoms with Crippen LogP contribution in [0.4, 0.5) is 0 Å². The van der Waals surface area contributed by atoms with Gasteiger partial charge in [0.2, 0.25) is 0 Å². The van der Waals surface area contributed by atoms with Crippen molar-refractivity contribution in [3.05, 3.63) is 0 Å². The smallest absolute Gasteiger partial charge is 0.191 e. The van der Waals surface area contributed by atoms with Gasteiger partial charge in [-0.05, 0) is 38.0 Å². The highest BCUT2D eigenvalue weighted by Gasteiger charge is 2.29. The molecular formula is C13H27N3. The van der Waals surface area contributed by atoms with E-state index in [0.717, 1.165) is 25.0 Å². The molecule has 2 N–H and O–H groups in total. The fourth-order valence-corrected chi connectivity index (χ4v) is 2.32. The van der Waals surface area contributed by atoms with Crippen LogP contribution < -0.4 is 5.73 Å². The second-order valence-electron chi connectivity index (χ2n) is 6.21. The highest BCUT2D eigenvalue weighted by Crippen LogP contribution is 2.34. The van der Waals surface area contributed by atoms with Gasteiger partial charge in [0.15, 0.2) is 5.96 Å². The third-order valence-electron chi connectivity index (χ3n) is 3.43. The van der Waals surface area contributed by atoms with Gasteiger partial charge >= 0.3 is 0 Å². The normalized spacial score (nSPS) is 20.6. The Balaban J connectivity index is 2.49. The second-order valence-corrected chi connectivity index (χ2v) is 6.21. The van der Waals surface area contributed by atoms with Gasteiger partial charge in [0.05, 0.1) is 0 Å². The number of nitrogens with two attached hydrogens (primary N) is 1. The van der Waals surface area contributed by atoms with Gasteiger partial charge in [-0.3, -0.25) is 4.99 Å². The van der Waals surface area contributed by atoms with E-state index in [1.807, 2.05) is 0 Å². The lowest BCUT2D eigenvalue weighted by atomic mass is 9.75. The van der Waals surface area contributed by atoms with Crippen molar-refractivity contribution >= 4 is 5.96 Å². The molecule has 1 heterocycles. The predicted octanol–water partition coefficient (Wildman–Crippen LogP) is 2.47. The molecule has 1 aliphatic heterocycles. The fraction of sp³-hybridized carbons (Fsp3) is 0.923. The third-order valence-corrected chi connectivity index (χ3v) is 3.43. The van der Waals surface area contributed by atoms with E-state index in [1.54, 1.807) is 0 Å². The van der Waals surface area contributed by atoms with Crippen LogP contribution in [-0.2, 0) is 0 Å². The van der Waals surface area contributed by atoms with Crippen LogP contribution in [0.2, 0.25) is 0 Å². The van der Waals surface area contributed by atoms with E-state index in [2.05, 4.69) is 44.5 Å². The lowest BCUT2D eigenvalue weighted by molar-refractivity contribution is 0.148. The van der Waals surface area contributed by atoms with E-state index < -0.39 is 0 Å². The first-order valence-corrected chi connectivity index (χ1v) is 6.39. The molecule has 0 aromatic heterocycles. The van der Waals surface area contributed by atoms with Gasteiger partial charge in [-0.15, -0.1) is 0 Å². The van der Waals surface area contributed by atoms with Crippen molar-refractivity contribution in [2.45, 2.75) is 53.5 Å². The number of piperidine rings is 1. The summed E-state index contributed by atoms with van der Waals surface area (Å²) in [5, 5.41) is 0. The molecule has 0 atom stereocenters. The van der Waals surface area contributed by atoms with Crippen LogP contribution in [0.3, 0.4) is 0 Å². The van der Waals surface area contributed by atoms with E-state index in [-0.39, 0.29) is 0 Å². The zero-order valence-electron chi connectivity index (χ0n) is 11.5. The van der Waals surface area contributed by atoms with Crippen LogP contribution in [0.5, 0.6) is 0 Å². The van der Waals surface area contributed by atoms with Crippen LogP contribution in [0, 0.1) is 11.3 Å². The number of rotatable bonds is 1. The largest absolute Gasteiger partial charge is 0.370 e. The van der Waals surface area contributed by atoms with Crippen LogP contribution in [-0.4, -0.2) is 30.0 Å². The maximum atomic E-state index is 5.98. The number of hydrogen-bond acceptors (Lipinski definition) is 1. The maximum absolute atomic E-state index is 5.98. The van der Waals surface area contributed by atoms with Gasteiger partial charge in [-0.25, -0.2) is 0 Å². The molecule has 0 aliphatic carbocycles. The minimum absolute atomic E-state index is 0.292. The Bertz CT molecular complexity index is 242. The Labute approximate surface area is 100 Å². The average molecular weight is 225 g/mol. The highest BCUT2D eigenvalue weighted by molar-refractivity contribution is 5.78. The first-order valence-electron chi connectivity index (χ1n) is 6.39. The Kier molecular flexibility index (Phi) is 4.22. The molecule has 3 heteroatoms. The predicted molar refractivity (Wildman–Crippen MR) is 70.5 cm³/mol. The summed E-state index contributed by atoms with van der Waals surface area (Å²) >= 11 is 0. The Morgan fingerprint density at radius 2 is 1.75 bits per heavy atom. The molecule has 3 nitrogen and oxygen atoms in total. The van der Waals surface area contributed by atoms with Gasteiger partial charge in [0.25, 0.3) is 0 Å². The quantitative estimate of drug-likeness (QED) is 0.550. The summed E-state index contributed by atoms with van der Waals surface area (Å²) in [4.78, 5) is 6.63. The van der Waals surface area contributed by atoms with Crippen LogP contribution in [0.15, 0.2) is 4.99 Å². The standard InChI is InChI=1S/C13H27N3/c1-10(2)15-12(14)16-8-6-11(7-9-16)13(3,4)5/h10-11H,6-9H2,1-5H3,(H2,14,15). The molecule has 0 bridgehead atoms. The average Bonchev–Trinajstić information content (AvgIpc) is 2.15. The van der Waals surface area contributed by atoms with Crippen LogP contribution >= 0.6 is 0 Å². The summed E-state index contributed by atoms with van der Waals surface area (Å²) < 4.78 is 0. The van der Waals surface area contributed by atoms with Gasteiger partial charge in [0, 0.05) is 19.1 Å². The van der Waals surface area contributed by atoms with Crippen molar-refractivity contribution in [2.75, 3.05) is 13.1 Å². The molecule has 1 aliphatic rings. The maximum Gasteiger partial charge on any atom is 0.191 e. The molecule has 94 valence electrons. The molecular weight excluding hydrogens is 198 g/mol. The Hall–Kier alpha value is -0.730. The molecule has 16 heavy (non-hydrogen) atoms. The minimum Gasteiger partial charge on any atom is -0.370 e. The first kappa shape index (κ1) is 13.3. The van der Waals surface area contributed by atoms with Crippen molar-refractivity contribution in [3.63, 3.8) is 0 Å². The zero-order chi connectivity index (χ0) is 12.3. The second kappa shape index (κ2) is 5.07. The van der Waals surface area contributed by atoms with E-state index in [0.29, 0.717) is 11.5 Å². The molecule has 0 saturated carbocycles. The molecule has 0 unspecified atom stereocenters. The SMILES string of the molecule is CC(C)N=C(N)N1CCC(C(C)(C)C)CC1. The van der Waals surface area contributed by atoms with Crippen LogP contribution in [0.25, 0.3) is 0 Å². The van der Waals surface area contributed by atoms with Crippen LogP contribution in [0.1, 0.15) is 47.5 Å². The number of guanidine groups is 1. The van der Waals surface area contributed by atoms with E-state index in [4.69, 9.17) is 5.73 Å². The lowest BCUT2D eigenvalue weighted by Crippen LogP contribution is -2.45. The third kappa shape index (κ3) is 3.69. The number of likely N-dealkylation sites (tertiary alicyclic amines) is 1. The first-order chi connectivity index (χ1) is 7.30. The molecule has 0 aromatic rings. The van der Waals surface area contributed by atoms with Gasteiger partial charge < -0.3 is 10.6 Å². The molecule has 0 spiro atoms. The minimum atomic E-state index is 0.292. The van der Waals surface area contributed by atoms with E-state index in [1.165, 1.54) is 12.8 Å². The highest BCUT2D eigenvalue weighted by atomic mass is 15.3. The zero-order valence-corrected chi connectivity index (χ0v) is 11.5. The molecule has 1 rings (SSSR count). The fourth-order valence-electron chi connectivity index (χ4n) is 2.32. The molecule has 0 amide bonds. The number of hydrogen-bond donors (Lipinski definition) is 1. The summed E-state index contributed by atoms with van der Waals surface area (Å²) in [5.74, 6) is 1.54. The summed E-state index contributed by atoms with van der Waals surface area (Å²) in [5.41, 5.74) is 6.41. The van der Waals surface area contributed by atoms with Crippen molar-refractivity contribution in [3.8, 4) is 0 Å². The summed E-state index contributed by atoms with van der Waals surface area (Å²) in [6.45, 7) is 13.2. The molecule has 0 radical (unpaired) electrons. The molecule has 1 saturated heterocycles. The topological polar surface area (TPSA) is 41.6 Å². The number of nitrogens with zero attached hydrogens (tertiary/aromatic N) is 2. The van der Waals surface area contributed by atoms with E-state index in [9.17, 15) is 0 Å². The van der Waals surface area contributed by atoms with Gasteiger partial charge in [-0.2, -0.15) is 0 Å². The Morgan fingerprint density at radius 3 is 2.12 bits per heavy atom. The summed E-state index contributed by atoms with van der Waals surface area (Å²) in [6.07, 6.45) is 2.47. The molecule has 0 aromatic carbocycles. The van der Waals surface area contributed by atoms with Crippen molar-refractivity contribution in [1.29, 1.82) is 0 Å². The van der Waals surface area contributed by atoms with Crippen molar-refractivity contribution in [2.24, 2.45) is 22.1 Å². The van der Waals surface area contributed by atoms with Crippen molar-refractivity contribution < 1.29 is 0 Å². The van der Waals surface area contributed by atoms with Crippen molar-refractivity contribution in [1.82, 2.24) is 4.90 Å². The number of aliphatic imine (C=N–C) groups is 1. The summed E-state index contributed by atoms with van der Waals surface area (Å²) in [7, 11) is 0. The van der Waals surface area contributed by atoms with Gasteiger partial charge in [0.1, 0.15) is 0 Å². The Morgan fingerprint density at radius 1 is 1.25 bits per heavy atom. The van der Waals surface area contributed by atoms with Gasteiger partial charge in [-0.1, -0.05) is 20.8 Å². The summed E-state index contributed by atoms with van der Waals surface area (Å²) in [6, 6.07) is 0.292. The lowest BCUT2D eigenvalue weighted by Gasteiger charge is -2.39. The molecule has 1 fully saturated rings. The van der Waals surface area contributed by atoms with E-state index >= 15 is 0 Å². The monoisotopic (exact) mass is 225 g/mol.